The Morgan fingerprint density at radius 1 is 0.690 bits per heavy atom. The summed E-state index contributed by atoms with van der Waals surface area (Å²) in [6.45, 7) is 12.1. The first kappa shape index (κ1) is 30.9. The number of esters is 2. The van der Waals surface area contributed by atoms with Crippen molar-refractivity contribution in [1.29, 1.82) is 0 Å². The number of hydrogen-bond donors (Lipinski definition) is 1. The third kappa shape index (κ3) is 7.24. The molecular formula is C36H39FO5. The van der Waals surface area contributed by atoms with Crippen molar-refractivity contribution >= 4 is 11.9 Å². The molecule has 0 saturated heterocycles. The summed E-state index contributed by atoms with van der Waals surface area (Å²) in [4.78, 5) is 28.0. The third-order valence-electron chi connectivity index (χ3n) is 7.53. The number of para-hydroxylation sites is 2. The zero-order valence-electron chi connectivity index (χ0n) is 25.0. The number of ether oxygens (including phenoxy) is 2. The van der Waals surface area contributed by atoms with Crippen LogP contribution in [0.3, 0.4) is 0 Å². The van der Waals surface area contributed by atoms with E-state index in [4.69, 9.17) is 9.47 Å². The average Bonchev–Trinajstić information content (AvgIpc) is 2.92. The Balaban J connectivity index is 1.92. The van der Waals surface area contributed by atoms with Crippen LogP contribution in [0.15, 0.2) is 108 Å². The van der Waals surface area contributed by atoms with Crippen LogP contribution in [0.4, 0.5) is 4.39 Å². The number of rotatable bonds is 7. The smallest absolute Gasteiger partial charge is 0.326 e. The van der Waals surface area contributed by atoms with Crippen LogP contribution in [0.1, 0.15) is 53.0 Å². The van der Waals surface area contributed by atoms with E-state index in [2.05, 4.69) is 0 Å². The quantitative estimate of drug-likeness (QED) is 0.137. The van der Waals surface area contributed by atoms with Gasteiger partial charge in [-0.05, 0) is 63.9 Å². The molecule has 3 aromatic rings. The standard InChI is InChI=1S/C36H39FO5/c1-35(2,3)28-21-24(22-29(32(28)38)36(4,5)6)30(23-17-19-25(37)20-18-23)31(33(39)41-26-13-9-7-10-14-26)34(40)42-27-15-11-8-12-16-27/h7-22,24,30-32,38H,1-6H3/t24?,30-,32?/m1/s1. The van der Waals surface area contributed by atoms with Crippen LogP contribution in [0.25, 0.3) is 0 Å². The minimum absolute atomic E-state index is 0.286. The number of aliphatic hydroxyl groups is 1. The molecule has 5 nitrogen and oxygen atoms in total. The van der Waals surface area contributed by atoms with E-state index in [1.54, 1.807) is 72.8 Å². The molecule has 1 aliphatic rings. The molecule has 0 saturated carbocycles. The van der Waals surface area contributed by atoms with Crippen molar-refractivity contribution < 1.29 is 28.6 Å². The van der Waals surface area contributed by atoms with Gasteiger partial charge in [0.25, 0.3) is 0 Å². The van der Waals surface area contributed by atoms with Gasteiger partial charge in [0.1, 0.15) is 17.3 Å². The first-order valence-electron chi connectivity index (χ1n) is 14.2. The van der Waals surface area contributed by atoms with Crippen LogP contribution in [0, 0.1) is 28.5 Å². The highest BCUT2D eigenvalue weighted by molar-refractivity contribution is 5.98. The highest BCUT2D eigenvalue weighted by Crippen LogP contribution is 2.47. The fraction of sp³-hybridized carbons (Fsp3) is 0.333. The van der Waals surface area contributed by atoms with Gasteiger partial charge in [-0.1, -0.05) is 102 Å². The lowest BCUT2D eigenvalue weighted by atomic mass is 9.65. The molecule has 0 heterocycles. The van der Waals surface area contributed by atoms with E-state index in [-0.39, 0.29) is 11.5 Å². The molecule has 0 aromatic heterocycles. The van der Waals surface area contributed by atoms with E-state index in [1.165, 1.54) is 12.1 Å². The summed E-state index contributed by atoms with van der Waals surface area (Å²) in [6, 6.07) is 22.9. The Kier molecular flexibility index (Phi) is 9.17. The van der Waals surface area contributed by atoms with Crippen molar-refractivity contribution in [2.75, 3.05) is 0 Å². The summed E-state index contributed by atoms with van der Waals surface area (Å²) in [5.74, 6) is -4.24. The van der Waals surface area contributed by atoms with Gasteiger partial charge in [-0.15, -0.1) is 0 Å². The van der Waals surface area contributed by atoms with E-state index in [0.29, 0.717) is 5.56 Å². The molecule has 0 amide bonds. The van der Waals surface area contributed by atoms with E-state index >= 15 is 0 Å². The number of aliphatic hydroxyl groups excluding tert-OH is 1. The number of allylic oxidation sites excluding steroid dienone is 2. The van der Waals surface area contributed by atoms with Gasteiger partial charge in [0, 0.05) is 11.8 Å². The molecule has 220 valence electrons. The topological polar surface area (TPSA) is 72.8 Å². The van der Waals surface area contributed by atoms with Gasteiger partial charge in [0.15, 0.2) is 5.92 Å². The van der Waals surface area contributed by atoms with Gasteiger partial charge in [-0.2, -0.15) is 0 Å². The van der Waals surface area contributed by atoms with Crippen molar-refractivity contribution in [1.82, 2.24) is 0 Å². The lowest BCUT2D eigenvalue weighted by Gasteiger charge is -2.41. The molecule has 0 spiro atoms. The number of benzene rings is 3. The monoisotopic (exact) mass is 570 g/mol. The summed E-state index contributed by atoms with van der Waals surface area (Å²) >= 11 is 0. The zero-order valence-corrected chi connectivity index (χ0v) is 25.0. The van der Waals surface area contributed by atoms with Crippen molar-refractivity contribution in [3.05, 3.63) is 120 Å². The van der Waals surface area contributed by atoms with E-state index in [9.17, 15) is 19.1 Å². The molecule has 42 heavy (non-hydrogen) atoms. The Morgan fingerprint density at radius 3 is 1.48 bits per heavy atom. The molecule has 1 aliphatic carbocycles. The van der Waals surface area contributed by atoms with Crippen LogP contribution < -0.4 is 9.47 Å². The summed E-state index contributed by atoms with van der Waals surface area (Å²) < 4.78 is 25.6. The minimum atomic E-state index is -1.42. The fourth-order valence-electron chi connectivity index (χ4n) is 5.39. The van der Waals surface area contributed by atoms with Crippen LogP contribution in [-0.2, 0) is 9.59 Å². The molecule has 6 heteroatoms. The van der Waals surface area contributed by atoms with Gasteiger partial charge in [-0.3, -0.25) is 9.59 Å². The number of carbonyl (C=O) groups is 2. The molecular weight excluding hydrogens is 531 g/mol. The van der Waals surface area contributed by atoms with Crippen LogP contribution in [0.2, 0.25) is 0 Å². The van der Waals surface area contributed by atoms with Crippen molar-refractivity contribution in [2.24, 2.45) is 22.7 Å². The molecule has 0 unspecified atom stereocenters. The third-order valence-corrected chi connectivity index (χ3v) is 7.53. The summed E-state index contributed by atoms with van der Waals surface area (Å²) in [5, 5.41) is 11.5. The summed E-state index contributed by atoms with van der Waals surface area (Å²) in [6.07, 6.45) is 3.04. The first-order valence-corrected chi connectivity index (χ1v) is 14.2. The lowest BCUT2D eigenvalue weighted by molar-refractivity contribution is -0.152. The van der Waals surface area contributed by atoms with E-state index < -0.39 is 52.4 Å². The fourth-order valence-corrected chi connectivity index (χ4v) is 5.39. The van der Waals surface area contributed by atoms with Gasteiger partial charge in [0.05, 0.1) is 6.10 Å². The SMILES string of the molecule is CC(C)(C)C1=CC([C@@H](c2ccc(F)cc2)C(C(=O)Oc2ccccc2)C(=O)Oc2ccccc2)C=C(C(C)(C)C)C1O. The molecule has 1 N–H and O–H groups in total. The molecule has 0 fully saturated rings. The number of halogens is 1. The maximum absolute atomic E-state index is 14.1. The molecule has 0 bridgehead atoms. The largest absolute Gasteiger partial charge is 0.426 e. The van der Waals surface area contributed by atoms with E-state index in [1.807, 2.05) is 53.7 Å². The summed E-state index contributed by atoms with van der Waals surface area (Å²) in [5.41, 5.74) is 1.28. The van der Waals surface area contributed by atoms with Crippen molar-refractivity contribution in [2.45, 2.75) is 53.6 Å². The Labute approximate surface area is 247 Å². The van der Waals surface area contributed by atoms with Crippen molar-refractivity contribution in [3.63, 3.8) is 0 Å². The van der Waals surface area contributed by atoms with E-state index in [0.717, 1.165) is 11.1 Å². The molecule has 0 aliphatic heterocycles. The highest BCUT2D eigenvalue weighted by atomic mass is 19.1. The average molecular weight is 571 g/mol. The second-order valence-corrected chi connectivity index (χ2v) is 12.7. The molecule has 4 rings (SSSR count). The predicted octanol–water partition coefficient (Wildman–Crippen LogP) is 7.67. The maximum atomic E-state index is 14.1. The first-order chi connectivity index (χ1) is 19.8. The second kappa shape index (κ2) is 12.5. The highest BCUT2D eigenvalue weighted by Gasteiger charge is 2.45. The summed E-state index contributed by atoms with van der Waals surface area (Å²) in [7, 11) is 0. The van der Waals surface area contributed by atoms with Crippen LogP contribution in [-0.4, -0.2) is 23.1 Å². The Morgan fingerprint density at radius 2 is 1.10 bits per heavy atom. The molecule has 1 atom stereocenters. The van der Waals surface area contributed by atoms with Gasteiger partial charge >= 0.3 is 11.9 Å². The van der Waals surface area contributed by atoms with Crippen molar-refractivity contribution in [3.8, 4) is 11.5 Å². The second-order valence-electron chi connectivity index (χ2n) is 12.7. The minimum Gasteiger partial charge on any atom is -0.426 e. The van der Waals surface area contributed by atoms with Gasteiger partial charge < -0.3 is 14.6 Å². The maximum Gasteiger partial charge on any atom is 0.326 e. The van der Waals surface area contributed by atoms with Crippen LogP contribution >= 0.6 is 0 Å². The van der Waals surface area contributed by atoms with Gasteiger partial charge in [-0.25, -0.2) is 4.39 Å². The normalized spacial score (nSPS) is 18.1. The van der Waals surface area contributed by atoms with Gasteiger partial charge in [0.2, 0.25) is 0 Å². The Bertz CT molecular complexity index is 1360. The Hall–Kier alpha value is -4.03. The van der Waals surface area contributed by atoms with Crippen LogP contribution in [0.5, 0.6) is 11.5 Å². The number of carbonyl (C=O) groups excluding carboxylic acids is 2. The molecule has 0 radical (unpaired) electrons. The zero-order chi connectivity index (χ0) is 30.7. The number of hydrogen-bond acceptors (Lipinski definition) is 5. The lowest BCUT2D eigenvalue weighted by Crippen LogP contribution is -2.41. The predicted molar refractivity (Wildman–Crippen MR) is 161 cm³/mol. The molecule has 3 aromatic carbocycles.